The number of carbonyl (C=O) groups is 1. The Hall–Kier alpha value is -0.530. The van der Waals surface area contributed by atoms with Crippen molar-refractivity contribution in [2.45, 2.75) is 46.1 Å². The Labute approximate surface area is 80.1 Å². The average molecular weight is 181 g/mol. The van der Waals surface area contributed by atoms with E-state index in [4.69, 9.17) is 0 Å². The molecule has 3 rings (SSSR count). The van der Waals surface area contributed by atoms with Gasteiger partial charge in [-0.05, 0) is 36.5 Å². The molecular weight excluding hydrogens is 162 g/mol. The van der Waals surface area contributed by atoms with Gasteiger partial charge in [0.1, 0.15) is 0 Å². The van der Waals surface area contributed by atoms with Crippen LogP contribution < -0.4 is 5.32 Å². The topological polar surface area (TPSA) is 29.1 Å². The van der Waals surface area contributed by atoms with Crippen molar-refractivity contribution in [1.29, 1.82) is 0 Å². The van der Waals surface area contributed by atoms with E-state index in [2.05, 4.69) is 19.2 Å². The molecule has 13 heavy (non-hydrogen) atoms. The normalized spacial score (nSPS) is 40.7. The summed E-state index contributed by atoms with van der Waals surface area (Å²) in [5.41, 5.74) is 0.478. The van der Waals surface area contributed by atoms with Gasteiger partial charge in [0.15, 0.2) is 0 Å². The van der Waals surface area contributed by atoms with Gasteiger partial charge in [0, 0.05) is 13.0 Å². The third kappa shape index (κ3) is 1.27. The SMILES string of the molecule is CC(=O)NC1CCC2CC1C2(C)C. The summed E-state index contributed by atoms with van der Waals surface area (Å²) in [6.07, 6.45) is 3.82. The Kier molecular flexibility index (Phi) is 1.90. The van der Waals surface area contributed by atoms with Gasteiger partial charge in [-0.3, -0.25) is 4.79 Å². The van der Waals surface area contributed by atoms with E-state index in [1.807, 2.05) is 0 Å². The van der Waals surface area contributed by atoms with Crippen molar-refractivity contribution in [2.24, 2.45) is 17.3 Å². The van der Waals surface area contributed by atoms with E-state index in [9.17, 15) is 4.79 Å². The van der Waals surface area contributed by atoms with E-state index in [0.29, 0.717) is 11.5 Å². The number of carbonyl (C=O) groups excluding carboxylic acids is 1. The second-order valence-corrected chi connectivity index (χ2v) is 5.24. The molecule has 0 spiro atoms. The van der Waals surface area contributed by atoms with Crippen LogP contribution in [0.2, 0.25) is 0 Å². The molecule has 2 nitrogen and oxygen atoms in total. The highest BCUT2D eigenvalue weighted by Crippen LogP contribution is 2.58. The standard InChI is InChI=1S/C11H19NO/c1-7(13)12-10-5-4-8-6-9(10)11(8,2)3/h8-10H,4-6H2,1-3H3,(H,12,13). The van der Waals surface area contributed by atoms with Crippen molar-refractivity contribution in [3.63, 3.8) is 0 Å². The van der Waals surface area contributed by atoms with Gasteiger partial charge in [0.2, 0.25) is 5.91 Å². The lowest BCUT2D eigenvalue weighted by atomic mass is 9.47. The summed E-state index contributed by atoms with van der Waals surface area (Å²) in [5.74, 6) is 1.78. The van der Waals surface area contributed by atoms with Crippen molar-refractivity contribution < 1.29 is 4.79 Å². The number of hydrogen-bond donors (Lipinski definition) is 1. The molecular formula is C11H19NO. The first-order valence-corrected chi connectivity index (χ1v) is 5.29. The summed E-state index contributed by atoms with van der Waals surface area (Å²) in [4.78, 5) is 11.0. The molecule has 2 bridgehead atoms. The quantitative estimate of drug-likeness (QED) is 0.658. The zero-order valence-corrected chi connectivity index (χ0v) is 8.76. The van der Waals surface area contributed by atoms with Gasteiger partial charge in [-0.1, -0.05) is 13.8 Å². The van der Waals surface area contributed by atoms with Crippen LogP contribution in [0, 0.1) is 17.3 Å². The summed E-state index contributed by atoms with van der Waals surface area (Å²) >= 11 is 0. The third-order valence-electron chi connectivity index (χ3n) is 4.25. The molecule has 3 atom stereocenters. The summed E-state index contributed by atoms with van der Waals surface area (Å²) in [7, 11) is 0. The van der Waals surface area contributed by atoms with Gasteiger partial charge < -0.3 is 5.32 Å². The van der Waals surface area contributed by atoms with Crippen molar-refractivity contribution in [3.8, 4) is 0 Å². The molecule has 3 aliphatic carbocycles. The fourth-order valence-electron chi connectivity index (χ4n) is 3.24. The molecule has 3 aliphatic rings. The third-order valence-corrected chi connectivity index (χ3v) is 4.25. The van der Waals surface area contributed by atoms with E-state index in [-0.39, 0.29) is 5.91 Å². The summed E-state index contributed by atoms with van der Waals surface area (Å²) in [5, 5.41) is 3.09. The molecule has 1 N–H and O–H groups in total. The van der Waals surface area contributed by atoms with Crippen LogP contribution in [0.3, 0.4) is 0 Å². The molecule has 3 saturated carbocycles. The molecule has 1 amide bonds. The molecule has 0 radical (unpaired) electrons. The van der Waals surface area contributed by atoms with E-state index in [1.54, 1.807) is 6.92 Å². The van der Waals surface area contributed by atoms with Gasteiger partial charge >= 0.3 is 0 Å². The lowest BCUT2D eigenvalue weighted by molar-refractivity contribution is -0.126. The molecule has 0 aliphatic heterocycles. The average Bonchev–Trinajstić information content (AvgIpc) is 2.03. The highest BCUT2D eigenvalue weighted by atomic mass is 16.1. The molecule has 0 aromatic carbocycles. The largest absolute Gasteiger partial charge is 0.353 e. The highest BCUT2D eigenvalue weighted by molar-refractivity contribution is 5.73. The van der Waals surface area contributed by atoms with Gasteiger partial charge in [0.25, 0.3) is 0 Å². The minimum atomic E-state index is 0.131. The summed E-state index contributed by atoms with van der Waals surface area (Å²) in [6, 6.07) is 0.456. The summed E-state index contributed by atoms with van der Waals surface area (Å²) in [6.45, 7) is 6.32. The Morgan fingerprint density at radius 1 is 1.38 bits per heavy atom. The first kappa shape index (κ1) is 9.04. The predicted octanol–water partition coefficient (Wildman–Crippen LogP) is 1.95. The van der Waals surface area contributed by atoms with Gasteiger partial charge in [0.05, 0.1) is 0 Å². The molecule has 0 aromatic heterocycles. The van der Waals surface area contributed by atoms with Crippen LogP contribution in [0.15, 0.2) is 0 Å². The van der Waals surface area contributed by atoms with E-state index < -0.39 is 0 Å². The molecule has 3 fully saturated rings. The van der Waals surface area contributed by atoms with Gasteiger partial charge in [-0.15, -0.1) is 0 Å². The van der Waals surface area contributed by atoms with E-state index in [1.165, 1.54) is 19.3 Å². The van der Waals surface area contributed by atoms with E-state index in [0.717, 1.165) is 11.8 Å². The van der Waals surface area contributed by atoms with Crippen LogP contribution >= 0.6 is 0 Å². The Morgan fingerprint density at radius 3 is 2.54 bits per heavy atom. The van der Waals surface area contributed by atoms with Crippen molar-refractivity contribution in [3.05, 3.63) is 0 Å². The Bertz CT molecular complexity index is 232. The summed E-state index contributed by atoms with van der Waals surface area (Å²) < 4.78 is 0. The highest BCUT2D eigenvalue weighted by Gasteiger charge is 2.54. The first-order chi connectivity index (χ1) is 6.01. The number of nitrogens with one attached hydrogen (secondary N) is 1. The number of rotatable bonds is 1. The molecule has 2 heteroatoms. The molecule has 0 saturated heterocycles. The zero-order chi connectivity index (χ0) is 9.64. The van der Waals surface area contributed by atoms with Crippen molar-refractivity contribution >= 4 is 5.91 Å². The van der Waals surface area contributed by atoms with E-state index >= 15 is 0 Å². The molecule has 0 heterocycles. The molecule has 3 unspecified atom stereocenters. The number of hydrogen-bond acceptors (Lipinski definition) is 1. The maximum Gasteiger partial charge on any atom is 0.217 e. The van der Waals surface area contributed by atoms with Gasteiger partial charge in [-0.25, -0.2) is 0 Å². The maximum absolute atomic E-state index is 11.0. The zero-order valence-electron chi connectivity index (χ0n) is 8.76. The Balaban J connectivity index is 2.03. The van der Waals surface area contributed by atoms with Crippen molar-refractivity contribution in [1.82, 2.24) is 5.32 Å². The van der Waals surface area contributed by atoms with Gasteiger partial charge in [-0.2, -0.15) is 0 Å². The first-order valence-electron chi connectivity index (χ1n) is 5.29. The predicted molar refractivity (Wildman–Crippen MR) is 52.2 cm³/mol. The minimum Gasteiger partial charge on any atom is -0.353 e. The second kappa shape index (κ2) is 2.73. The van der Waals surface area contributed by atoms with Crippen LogP contribution in [0.5, 0.6) is 0 Å². The van der Waals surface area contributed by atoms with Crippen LogP contribution in [-0.2, 0) is 4.79 Å². The second-order valence-electron chi connectivity index (χ2n) is 5.24. The lowest BCUT2D eigenvalue weighted by Crippen LogP contribution is -2.59. The fourth-order valence-corrected chi connectivity index (χ4v) is 3.24. The number of amides is 1. The number of fused-ring (bicyclic) bond motifs is 2. The molecule has 0 aromatic rings. The smallest absolute Gasteiger partial charge is 0.217 e. The maximum atomic E-state index is 11.0. The van der Waals surface area contributed by atoms with Crippen LogP contribution in [0.1, 0.15) is 40.0 Å². The monoisotopic (exact) mass is 181 g/mol. The van der Waals surface area contributed by atoms with Crippen LogP contribution in [-0.4, -0.2) is 11.9 Å². The molecule has 74 valence electrons. The lowest BCUT2D eigenvalue weighted by Gasteiger charge is -2.60. The van der Waals surface area contributed by atoms with Crippen LogP contribution in [0.4, 0.5) is 0 Å². The van der Waals surface area contributed by atoms with Crippen molar-refractivity contribution in [2.75, 3.05) is 0 Å². The van der Waals surface area contributed by atoms with Crippen LogP contribution in [0.25, 0.3) is 0 Å². The minimum absolute atomic E-state index is 0.131. The Morgan fingerprint density at radius 2 is 2.08 bits per heavy atom. The fraction of sp³-hybridized carbons (Fsp3) is 0.909.